The fourth-order valence-corrected chi connectivity index (χ4v) is 3.27. The fraction of sp³-hybridized carbons (Fsp3) is 0.105. The molecule has 25 heavy (non-hydrogen) atoms. The van der Waals surface area contributed by atoms with E-state index in [9.17, 15) is 0 Å². The number of ether oxygens (including phenoxy) is 1. The van der Waals surface area contributed by atoms with Gasteiger partial charge in [0.15, 0.2) is 5.82 Å². The second-order valence-corrected chi connectivity index (χ2v) is 6.51. The quantitative estimate of drug-likeness (QED) is 0.548. The summed E-state index contributed by atoms with van der Waals surface area (Å²) in [5.41, 5.74) is 2.29. The van der Waals surface area contributed by atoms with Crippen molar-refractivity contribution >= 4 is 28.4 Å². The number of fused-ring (bicyclic) bond motifs is 1. The number of aromatic nitrogens is 4. The Morgan fingerprint density at radius 3 is 2.56 bits per heavy atom. The van der Waals surface area contributed by atoms with Crippen LogP contribution in [-0.4, -0.2) is 26.9 Å². The maximum absolute atomic E-state index is 5.17. The molecule has 0 aliphatic rings. The van der Waals surface area contributed by atoms with Crippen LogP contribution in [0.1, 0.15) is 22.0 Å². The maximum atomic E-state index is 5.17. The van der Waals surface area contributed by atoms with E-state index in [-0.39, 0.29) is 0 Å². The van der Waals surface area contributed by atoms with Crippen LogP contribution in [0.15, 0.2) is 54.6 Å². The first kappa shape index (κ1) is 15.5. The number of nitrogens with zero attached hydrogens (tertiary/aromatic N) is 4. The van der Waals surface area contributed by atoms with Crippen molar-refractivity contribution in [2.45, 2.75) is 6.42 Å². The molecule has 4 rings (SSSR count). The molecule has 0 N–H and O–H groups in total. The van der Waals surface area contributed by atoms with Gasteiger partial charge in [-0.3, -0.25) is 0 Å². The highest BCUT2D eigenvalue weighted by atomic mass is 32.1. The van der Waals surface area contributed by atoms with Gasteiger partial charge in [0.2, 0.25) is 4.96 Å². The molecule has 0 amide bonds. The Morgan fingerprint density at radius 1 is 1.00 bits per heavy atom. The Morgan fingerprint density at radius 2 is 1.80 bits per heavy atom. The molecule has 0 spiro atoms. The van der Waals surface area contributed by atoms with Gasteiger partial charge in [0, 0.05) is 6.42 Å². The van der Waals surface area contributed by atoms with E-state index in [1.807, 2.05) is 59.1 Å². The number of rotatable bonds is 5. The largest absolute Gasteiger partial charge is 0.497 e. The highest BCUT2D eigenvalue weighted by molar-refractivity contribution is 7.17. The third-order valence-corrected chi connectivity index (χ3v) is 4.67. The smallest absolute Gasteiger partial charge is 0.234 e. The zero-order valence-corrected chi connectivity index (χ0v) is 14.5. The SMILES string of the molecule is COc1ccc(C=Cc2nn3c(Cc4ccccc4)nnc3s2)cc1. The van der Waals surface area contributed by atoms with E-state index < -0.39 is 0 Å². The third kappa shape index (κ3) is 3.44. The molecular weight excluding hydrogens is 332 g/mol. The Kier molecular flexibility index (Phi) is 4.26. The van der Waals surface area contributed by atoms with Crippen molar-refractivity contribution in [2.24, 2.45) is 0 Å². The van der Waals surface area contributed by atoms with E-state index in [4.69, 9.17) is 4.74 Å². The van der Waals surface area contributed by atoms with Crippen molar-refractivity contribution in [1.82, 2.24) is 19.8 Å². The lowest BCUT2D eigenvalue weighted by molar-refractivity contribution is 0.415. The summed E-state index contributed by atoms with van der Waals surface area (Å²) in [6.45, 7) is 0. The van der Waals surface area contributed by atoms with E-state index in [0.29, 0.717) is 6.42 Å². The minimum absolute atomic E-state index is 0.716. The molecule has 0 unspecified atom stereocenters. The summed E-state index contributed by atoms with van der Waals surface area (Å²) in [5, 5.41) is 14.0. The molecule has 0 aliphatic carbocycles. The van der Waals surface area contributed by atoms with Crippen molar-refractivity contribution in [2.75, 3.05) is 7.11 Å². The van der Waals surface area contributed by atoms with Gasteiger partial charge < -0.3 is 4.74 Å². The molecule has 0 fully saturated rings. The predicted molar refractivity (Wildman–Crippen MR) is 99.8 cm³/mol. The lowest BCUT2D eigenvalue weighted by Gasteiger charge is -1.98. The van der Waals surface area contributed by atoms with Crippen molar-refractivity contribution < 1.29 is 4.74 Å². The highest BCUT2D eigenvalue weighted by Crippen LogP contribution is 2.19. The summed E-state index contributed by atoms with van der Waals surface area (Å²) in [4.78, 5) is 0.806. The van der Waals surface area contributed by atoms with E-state index in [2.05, 4.69) is 27.4 Å². The van der Waals surface area contributed by atoms with Gasteiger partial charge in [0.05, 0.1) is 7.11 Å². The summed E-state index contributed by atoms with van der Waals surface area (Å²) in [5.74, 6) is 1.70. The monoisotopic (exact) mass is 348 g/mol. The Bertz CT molecular complexity index is 1000. The van der Waals surface area contributed by atoms with Crippen LogP contribution >= 0.6 is 11.3 Å². The molecule has 2 aromatic carbocycles. The second kappa shape index (κ2) is 6.86. The zero-order valence-electron chi connectivity index (χ0n) is 13.7. The molecule has 4 aromatic rings. The molecule has 2 heterocycles. The fourth-order valence-electron chi connectivity index (χ4n) is 2.51. The van der Waals surface area contributed by atoms with E-state index in [1.54, 1.807) is 7.11 Å². The number of benzene rings is 2. The predicted octanol–water partition coefficient (Wildman–Crippen LogP) is 3.96. The second-order valence-electron chi connectivity index (χ2n) is 5.52. The lowest BCUT2D eigenvalue weighted by atomic mass is 10.1. The van der Waals surface area contributed by atoms with Crippen LogP contribution in [0.3, 0.4) is 0 Å². The molecule has 124 valence electrons. The zero-order chi connectivity index (χ0) is 17.1. The molecule has 0 atom stereocenters. The molecule has 0 aliphatic heterocycles. The van der Waals surface area contributed by atoms with Crippen LogP contribution in [0.25, 0.3) is 17.1 Å². The molecule has 5 nitrogen and oxygen atoms in total. The van der Waals surface area contributed by atoms with Gasteiger partial charge in [0.1, 0.15) is 10.8 Å². The summed E-state index contributed by atoms with van der Waals surface area (Å²) < 4.78 is 7.00. The van der Waals surface area contributed by atoms with Crippen molar-refractivity contribution in [1.29, 1.82) is 0 Å². The summed E-state index contributed by atoms with van der Waals surface area (Å²) in [6.07, 6.45) is 4.74. The standard InChI is InChI=1S/C19H16N4OS/c1-24-16-10-7-14(8-11-16)9-12-18-22-23-17(20-21-19(23)25-18)13-15-5-3-2-4-6-15/h2-12H,13H2,1H3. The first-order chi connectivity index (χ1) is 12.3. The number of hydrogen-bond donors (Lipinski definition) is 0. The van der Waals surface area contributed by atoms with Crippen LogP contribution in [0.4, 0.5) is 0 Å². The topological polar surface area (TPSA) is 52.3 Å². The summed E-state index contributed by atoms with van der Waals surface area (Å²) in [7, 11) is 1.66. The van der Waals surface area contributed by atoms with Crippen molar-refractivity contribution in [3.05, 3.63) is 76.6 Å². The van der Waals surface area contributed by atoms with Crippen LogP contribution in [0, 0.1) is 0 Å². The maximum Gasteiger partial charge on any atom is 0.234 e. The minimum atomic E-state index is 0.716. The summed E-state index contributed by atoms with van der Waals surface area (Å²) in [6, 6.07) is 18.1. The minimum Gasteiger partial charge on any atom is -0.497 e. The van der Waals surface area contributed by atoms with E-state index in [0.717, 1.165) is 27.1 Å². The molecule has 0 saturated heterocycles. The normalized spacial score (nSPS) is 11.4. The van der Waals surface area contributed by atoms with E-state index in [1.165, 1.54) is 16.9 Å². The Hall–Kier alpha value is -2.99. The van der Waals surface area contributed by atoms with Crippen LogP contribution in [0.5, 0.6) is 5.75 Å². The molecule has 0 bridgehead atoms. The average Bonchev–Trinajstić information content (AvgIpc) is 3.23. The van der Waals surface area contributed by atoms with Gasteiger partial charge in [-0.25, -0.2) is 0 Å². The Labute approximate surface area is 149 Å². The van der Waals surface area contributed by atoms with E-state index >= 15 is 0 Å². The number of methoxy groups -OCH3 is 1. The van der Waals surface area contributed by atoms with Gasteiger partial charge in [-0.2, -0.15) is 9.61 Å². The van der Waals surface area contributed by atoms with Gasteiger partial charge in [-0.15, -0.1) is 10.2 Å². The van der Waals surface area contributed by atoms with Gasteiger partial charge in [0.25, 0.3) is 0 Å². The third-order valence-electron chi connectivity index (χ3n) is 3.81. The molecule has 6 heteroatoms. The molecule has 0 saturated carbocycles. The van der Waals surface area contributed by atoms with Crippen molar-refractivity contribution in [3.8, 4) is 5.75 Å². The first-order valence-electron chi connectivity index (χ1n) is 7.89. The van der Waals surface area contributed by atoms with Gasteiger partial charge in [-0.05, 0) is 29.3 Å². The van der Waals surface area contributed by atoms with Crippen LogP contribution < -0.4 is 4.74 Å². The molecule has 2 aromatic heterocycles. The molecule has 0 radical (unpaired) electrons. The lowest BCUT2D eigenvalue weighted by Crippen LogP contribution is -1.97. The van der Waals surface area contributed by atoms with Gasteiger partial charge >= 0.3 is 0 Å². The van der Waals surface area contributed by atoms with Gasteiger partial charge in [-0.1, -0.05) is 59.9 Å². The van der Waals surface area contributed by atoms with Crippen molar-refractivity contribution in [3.63, 3.8) is 0 Å². The highest BCUT2D eigenvalue weighted by Gasteiger charge is 2.10. The Balaban J connectivity index is 1.56. The summed E-state index contributed by atoms with van der Waals surface area (Å²) >= 11 is 1.52. The van der Waals surface area contributed by atoms with Crippen LogP contribution in [0.2, 0.25) is 0 Å². The average molecular weight is 348 g/mol. The first-order valence-corrected chi connectivity index (χ1v) is 8.70. The van der Waals surface area contributed by atoms with Crippen LogP contribution in [-0.2, 0) is 6.42 Å². The molecular formula is C19H16N4OS. The number of hydrogen-bond acceptors (Lipinski definition) is 5.